The molecule has 22 heteroatoms. The molecule has 0 spiro atoms. The van der Waals surface area contributed by atoms with Gasteiger partial charge in [0.05, 0.1) is 103 Å². The minimum absolute atomic E-state index is 0.0532. The lowest BCUT2D eigenvalue weighted by molar-refractivity contribution is -0.310. The van der Waals surface area contributed by atoms with Crippen LogP contribution in [0.1, 0.15) is 43.4 Å². The lowest BCUT2D eigenvalue weighted by atomic mass is 9.88. The Morgan fingerprint density at radius 2 is 1.53 bits per heavy atom. The van der Waals surface area contributed by atoms with Crippen LogP contribution in [0.25, 0.3) is 0 Å². The molecule has 6 atom stereocenters. The van der Waals surface area contributed by atoms with Gasteiger partial charge in [-0.05, 0) is 30.5 Å². The van der Waals surface area contributed by atoms with E-state index in [-0.39, 0.29) is 19.6 Å². The molecule has 0 saturated carbocycles. The number of nitrogens with two attached hydrogens (primary N) is 1. The first-order chi connectivity index (χ1) is 29.0. The predicted octanol–water partition coefficient (Wildman–Crippen LogP) is -1.46. The summed E-state index contributed by atoms with van der Waals surface area (Å²) in [6.07, 6.45) is -3.44. The van der Waals surface area contributed by atoms with Crippen molar-refractivity contribution >= 4 is 29.4 Å². The van der Waals surface area contributed by atoms with E-state index in [1.165, 1.54) is 0 Å². The minimum atomic E-state index is -2.44. The molecule has 0 aliphatic carbocycles. The van der Waals surface area contributed by atoms with Gasteiger partial charge in [-0.2, -0.15) is 0 Å². The molecule has 0 unspecified atom stereocenters. The van der Waals surface area contributed by atoms with E-state index in [0.29, 0.717) is 108 Å². The monoisotopic (exact) mass is 876 g/mol. The van der Waals surface area contributed by atoms with Crippen LogP contribution in [-0.4, -0.2) is 180 Å². The molecule has 3 rings (SSSR count). The standard InChI is InChI=1S/C38H61ClN6O15/c39-28-7-5-27(6-8-28)21-32(49)41-23-31(48)35(51)36-34(42-33(50)25-46)30(47)22-38(60-36,37(52)53)59-12-4-2-1-3-11-58-26-29-24-45(44-43-29)10-14-55-16-18-57-20-19-56-17-15-54-13-9-40/h5-8,24,30-31,34-36,46-48,51H,1-4,9-23,25-26,40H2,(H,41,49)(H,42,50)(H,52,53)/t30-,31+,34+,35+,36+,38+/m0/s1. The first-order valence-electron chi connectivity index (χ1n) is 20.0. The van der Waals surface area contributed by atoms with Gasteiger partial charge in [0.25, 0.3) is 5.79 Å². The fourth-order valence-corrected chi connectivity index (χ4v) is 6.07. The fourth-order valence-electron chi connectivity index (χ4n) is 5.95. The van der Waals surface area contributed by atoms with E-state index in [0.717, 1.165) is 6.42 Å². The summed E-state index contributed by atoms with van der Waals surface area (Å²) in [6, 6.07) is 5.09. The number of carboxylic acids is 1. The van der Waals surface area contributed by atoms with Crippen LogP contribution < -0.4 is 16.4 Å². The molecule has 9 N–H and O–H groups in total. The zero-order valence-corrected chi connectivity index (χ0v) is 34.5. The van der Waals surface area contributed by atoms with Gasteiger partial charge in [-0.3, -0.25) is 9.59 Å². The second-order valence-electron chi connectivity index (χ2n) is 13.9. The molecule has 1 aliphatic heterocycles. The third-order valence-corrected chi connectivity index (χ3v) is 9.34. The summed E-state index contributed by atoms with van der Waals surface area (Å²) in [5.41, 5.74) is 6.66. The maximum atomic E-state index is 12.5. The van der Waals surface area contributed by atoms with Gasteiger partial charge in [-0.25, -0.2) is 9.48 Å². The number of nitrogens with one attached hydrogen (secondary N) is 2. The number of halogens is 1. The van der Waals surface area contributed by atoms with E-state index < -0.39 is 73.6 Å². The largest absolute Gasteiger partial charge is 0.477 e. The highest BCUT2D eigenvalue weighted by Gasteiger charge is 2.55. The number of hydrogen-bond acceptors (Lipinski definition) is 17. The molecule has 0 radical (unpaired) electrons. The fraction of sp³-hybridized carbons (Fsp3) is 0.711. The summed E-state index contributed by atoms with van der Waals surface area (Å²) in [7, 11) is 0. The molecular formula is C38H61ClN6O15. The Morgan fingerprint density at radius 3 is 2.17 bits per heavy atom. The number of ether oxygens (including phenoxy) is 7. The first-order valence-corrected chi connectivity index (χ1v) is 20.3. The number of carboxylic acid groups (broad SMARTS) is 1. The SMILES string of the molecule is NCCOCCOCCOCCOCCn1cc(COCCCCCCO[C@]2(C(=O)O)C[C@H](O)[C@@H](NC(=O)CO)[C@H]([C@H](O)[C@H](O)CNC(=O)Cc3ccc(Cl)cc3)O2)nn1. The van der Waals surface area contributed by atoms with Crippen LogP contribution in [0.15, 0.2) is 30.5 Å². The van der Waals surface area contributed by atoms with Gasteiger partial charge >= 0.3 is 5.97 Å². The molecule has 1 fully saturated rings. The van der Waals surface area contributed by atoms with Crippen molar-refractivity contribution in [2.45, 2.75) is 87.9 Å². The zero-order chi connectivity index (χ0) is 43.6. The van der Waals surface area contributed by atoms with Gasteiger partial charge in [0, 0.05) is 31.1 Å². The summed E-state index contributed by atoms with van der Waals surface area (Å²) in [5, 5.41) is 65.8. The molecule has 1 saturated heterocycles. The van der Waals surface area contributed by atoms with Crippen LogP contribution in [0.5, 0.6) is 0 Å². The van der Waals surface area contributed by atoms with Crippen molar-refractivity contribution in [3.63, 3.8) is 0 Å². The first kappa shape index (κ1) is 50.9. The van der Waals surface area contributed by atoms with Gasteiger partial charge < -0.3 is 75.1 Å². The lowest BCUT2D eigenvalue weighted by Gasteiger charge is -2.46. The number of hydrogen-bond donors (Lipinski definition) is 8. The number of rotatable bonds is 33. The van der Waals surface area contributed by atoms with Crippen LogP contribution >= 0.6 is 11.6 Å². The van der Waals surface area contributed by atoms with E-state index in [1.54, 1.807) is 35.1 Å². The smallest absolute Gasteiger partial charge is 0.364 e. The quantitative estimate of drug-likeness (QED) is 0.0380. The number of aliphatic carboxylic acids is 1. The van der Waals surface area contributed by atoms with E-state index in [9.17, 15) is 39.9 Å². The number of aromatic nitrogens is 3. The number of aliphatic hydroxyl groups excluding tert-OH is 4. The molecule has 1 aromatic heterocycles. The molecule has 2 heterocycles. The van der Waals surface area contributed by atoms with Crippen LogP contribution in [0.4, 0.5) is 0 Å². The summed E-state index contributed by atoms with van der Waals surface area (Å²) < 4.78 is 40.5. The topological polar surface area (TPSA) is 298 Å². The van der Waals surface area contributed by atoms with Gasteiger partial charge in [0.15, 0.2) is 0 Å². The number of carbonyl (C=O) groups is 3. The second-order valence-corrected chi connectivity index (χ2v) is 14.3. The van der Waals surface area contributed by atoms with Gasteiger partial charge in [0.2, 0.25) is 11.8 Å². The Balaban J connectivity index is 1.33. The second kappa shape index (κ2) is 29.0. The van der Waals surface area contributed by atoms with E-state index >= 15 is 0 Å². The maximum absolute atomic E-state index is 12.5. The highest BCUT2D eigenvalue weighted by Crippen LogP contribution is 2.34. The minimum Gasteiger partial charge on any atom is -0.477 e. The van der Waals surface area contributed by atoms with Crippen molar-refractivity contribution in [3.05, 3.63) is 46.7 Å². The Labute approximate surface area is 353 Å². The number of amides is 2. The van der Waals surface area contributed by atoms with Gasteiger partial charge in [-0.1, -0.05) is 41.8 Å². The molecule has 21 nitrogen and oxygen atoms in total. The lowest BCUT2D eigenvalue weighted by Crippen LogP contribution is -2.68. The average Bonchev–Trinajstić information content (AvgIpc) is 3.69. The Kier molecular flexibility index (Phi) is 24.6. The number of nitrogens with zero attached hydrogens (tertiary/aromatic N) is 3. The van der Waals surface area contributed by atoms with Crippen molar-refractivity contribution in [2.75, 3.05) is 85.8 Å². The summed E-state index contributed by atoms with van der Waals surface area (Å²) in [5.74, 6) is -5.47. The molecule has 340 valence electrons. The molecule has 2 amide bonds. The molecule has 1 aliphatic rings. The van der Waals surface area contributed by atoms with Crippen molar-refractivity contribution in [3.8, 4) is 0 Å². The van der Waals surface area contributed by atoms with E-state index in [4.69, 9.17) is 50.5 Å². The van der Waals surface area contributed by atoms with Crippen molar-refractivity contribution in [2.24, 2.45) is 5.73 Å². The Bertz CT molecular complexity index is 1510. The molecular weight excluding hydrogens is 816 g/mol. The molecule has 2 aromatic rings. The van der Waals surface area contributed by atoms with Gasteiger partial charge in [-0.15, -0.1) is 5.10 Å². The van der Waals surface area contributed by atoms with Crippen molar-refractivity contribution < 1.29 is 73.1 Å². The third kappa shape index (κ3) is 19.1. The summed E-state index contributed by atoms with van der Waals surface area (Å²) >= 11 is 5.88. The molecule has 0 bridgehead atoms. The zero-order valence-electron chi connectivity index (χ0n) is 33.7. The normalized spacial score (nSPS) is 20.1. The highest BCUT2D eigenvalue weighted by atomic mass is 35.5. The number of carbonyl (C=O) groups excluding carboxylic acids is 2. The van der Waals surface area contributed by atoms with Crippen molar-refractivity contribution in [1.82, 2.24) is 25.6 Å². The number of unbranched alkanes of at least 4 members (excludes halogenated alkanes) is 3. The third-order valence-electron chi connectivity index (χ3n) is 9.08. The van der Waals surface area contributed by atoms with Gasteiger partial charge in [0.1, 0.15) is 24.5 Å². The van der Waals surface area contributed by atoms with E-state index in [1.807, 2.05) is 0 Å². The highest BCUT2D eigenvalue weighted by molar-refractivity contribution is 6.30. The maximum Gasteiger partial charge on any atom is 0.364 e. The number of benzene rings is 1. The molecule has 60 heavy (non-hydrogen) atoms. The van der Waals surface area contributed by atoms with E-state index in [2.05, 4.69) is 20.9 Å². The Hall–Kier alpha value is -3.42. The number of aliphatic hydroxyl groups is 4. The van der Waals surface area contributed by atoms with Crippen LogP contribution in [0, 0.1) is 0 Å². The summed E-state index contributed by atoms with van der Waals surface area (Å²) in [4.78, 5) is 37.1. The van der Waals surface area contributed by atoms with Crippen LogP contribution in [0.3, 0.4) is 0 Å². The average molecular weight is 877 g/mol. The van der Waals surface area contributed by atoms with Crippen LogP contribution in [-0.2, 0) is 67.1 Å². The van der Waals surface area contributed by atoms with Crippen LogP contribution in [0.2, 0.25) is 5.02 Å². The summed E-state index contributed by atoms with van der Waals surface area (Å²) in [6.45, 7) is 3.97. The predicted molar refractivity (Wildman–Crippen MR) is 211 cm³/mol. The molecule has 1 aromatic carbocycles. The van der Waals surface area contributed by atoms with Crippen molar-refractivity contribution in [1.29, 1.82) is 0 Å². The Morgan fingerprint density at radius 1 is 0.900 bits per heavy atom.